The largest absolute Gasteiger partial charge is 0.507 e. The fraction of sp³-hybridized carbons (Fsp3) is 0.0476. The molecule has 0 bridgehead atoms. The summed E-state index contributed by atoms with van der Waals surface area (Å²) >= 11 is 1.45. The van der Waals surface area contributed by atoms with Crippen LogP contribution in [0.15, 0.2) is 66.7 Å². The highest BCUT2D eigenvalue weighted by Gasteiger charge is 2.13. The monoisotopic (exact) mass is 394 g/mol. The fourth-order valence-electron chi connectivity index (χ4n) is 2.67. The number of anilines is 1. The molecule has 2 N–H and O–H groups in total. The highest BCUT2D eigenvalue weighted by Crippen LogP contribution is 2.36. The number of aromatic hydroxyl groups is 1. The number of hydrogen-bond donors (Lipinski definition) is 2. The fourth-order valence-corrected chi connectivity index (χ4v) is 3.67. The smallest absolute Gasteiger partial charge is 0.262 e. The summed E-state index contributed by atoms with van der Waals surface area (Å²) in [6.07, 6.45) is 0. The molecule has 0 saturated heterocycles. The Kier molecular flexibility index (Phi) is 4.90. The zero-order chi connectivity index (χ0) is 19.5. The lowest BCUT2D eigenvalue weighted by molar-refractivity contribution is -0.118. The first kappa shape index (κ1) is 17.9. The Morgan fingerprint density at radius 1 is 1.11 bits per heavy atom. The molecule has 0 atom stereocenters. The van der Waals surface area contributed by atoms with Gasteiger partial charge in [-0.05, 0) is 42.5 Å². The first-order valence-electron chi connectivity index (χ1n) is 8.46. The van der Waals surface area contributed by atoms with Crippen LogP contribution in [0, 0.1) is 5.82 Å². The minimum atomic E-state index is -0.530. The van der Waals surface area contributed by atoms with E-state index in [1.807, 2.05) is 24.3 Å². The van der Waals surface area contributed by atoms with Crippen molar-refractivity contribution in [2.24, 2.45) is 0 Å². The van der Waals surface area contributed by atoms with E-state index in [2.05, 4.69) is 10.3 Å². The summed E-state index contributed by atoms with van der Waals surface area (Å²) in [5, 5.41) is 13.6. The van der Waals surface area contributed by atoms with Crippen LogP contribution in [0.25, 0.3) is 20.8 Å². The minimum absolute atomic E-state index is 0.0125. The number of hydrogen-bond acceptors (Lipinski definition) is 5. The third-order valence-electron chi connectivity index (χ3n) is 4.00. The first-order chi connectivity index (χ1) is 13.6. The van der Waals surface area contributed by atoms with E-state index in [9.17, 15) is 14.3 Å². The summed E-state index contributed by atoms with van der Waals surface area (Å²) in [6, 6.07) is 18.3. The number of nitrogens with one attached hydrogen (secondary N) is 1. The molecule has 1 heterocycles. The summed E-state index contributed by atoms with van der Waals surface area (Å²) in [7, 11) is 0. The number of amides is 1. The molecule has 0 aliphatic rings. The molecule has 0 spiro atoms. The SMILES string of the molecule is O=C(COc1ccccc1F)Nc1ccc(O)c(-c2nc3ccccc3s2)c1. The first-order valence-corrected chi connectivity index (χ1v) is 9.28. The number of fused-ring (bicyclic) bond motifs is 1. The second-order valence-electron chi connectivity index (χ2n) is 5.99. The average molecular weight is 394 g/mol. The molecule has 7 heteroatoms. The van der Waals surface area contributed by atoms with Gasteiger partial charge in [-0.15, -0.1) is 11.3 Å². The molecule has 4 rings (SSSR count). The molecule has 0 aliphatic heterocycles. The lowest BCUT2D eigenvalue weighted by Crippen LogP contribution is -2.20. The van der Waals surface area contributed by atoms with Crippen LogP contribution >= 0.6 is 11.3 Å². The van der Waals surface area contributed by atoms with Crippen molar-refractivity contribution < 1.29 is 19.0 Å². The third kappa shape index (κ3) is 3.79. The van der Waals surface area contributed by atoms with Gasteiger partial charge in [0.05, 0.1) is 15.8 Å². The van der Waals surface area contributed by atoms with Crippen LogP contribution in [0.1, 0.15) is 0 Å². The predicted molar refractivity (Wildman–Crippen MR) is 107 cm³/mol. The van der Waals surface area contributed by atoms with Crippen molar-refractivity contribution in [2.75, 3.05) is 11.9 Å². The Bertz CT molecular complexity index is 1130. The number of aromatic nitrogens is 1. The summed E-state index contributed by atoms with van der Waals surface area (Å²) in [4.78, 5) is 16.7. The van der Waals surface area contributed by atoms with Gasteiger partial charge in [0.15, 0.2) is 18.2 Å². The molecule has 0 unspecified atom stereocenters. The van der Waals surface area contributed by atoms with Crippen molar-refractivity contribution in [2.45, 2.75) is 0 Å². The molecular formula is C21H15FN2O3S. The molecule has 0 radical (unpaired) electrons. The van der Waals surface area contributed by atoms with E-state index >= 15 is 0 Å². The summed E-state index contributed by atoms with van der Waals surface area (Å²) in [5.74, 6) is -0.888. The van der Waals surface area contributed by atoms with Gasteiger partial charge >= 0.3 is 0 Å². The molecule has 140 valence electrons. The molecule has 4 aromatic rings. The van der Waals surface area contributed by atoms with E-state index in [0.717, 1.165) is 10.2 Å². The highest BCUT2D eigenvalue weighted by atomic mass is 32.1. The van der Waals surface area contributed by atoms with Crippen molar-refractivity contribution in [3.8, 4) is 22.1 Å². The van der Waals surface area contributed by atoms with Crippen molar-refractivity contribution in [1.82, 2.24) is 4.98 Å². The lowest BCUT2D eigenvalue weighted by Gasteiger charge is -2.09. The number of nitrogens with zero attached hydrogens (tertiary/aromatic N) is 1. The van der Waals surface area contributed by atoms with Gasteiger partial charge in [0, 0.05) is 5.69 Å². The molecule has 1 aromatic heterocycles. The third-order valence-corrected chi connectivity index (χ3v) is 5.07. The molecule has 0 saturated carbocycles. The van der Waals surface area contributed by atoms with Gasteiger partial charge in [0.25, 0.3) is 5.91 Å². The molecule has 0 fully saturated rings. The molecule has 28 heavy (non-hydrogen) atoms. The van der Waals surface area contributed by atoms with Crippen LogP contribution in [0.5, 0.6) is 11.5 Å². The van der Waals surface area contributed by atoms with Crippen molar-refractivity contribution >= 4 is 33.1 Å². The number of benzene rings is 3. The number of halogens is 1. The quantitative estimate of drug-likeness (QED) is 0.476. The number of carbonyl (C=O) groups excluding carboxylic acids is 1. The van der Waals surface area contributed by atoms with Gasteiger partial charge in [-0.2, -0.15) is 0 Å². The molecule has 3 aromatic carbocycles. The van der Waals surface area contributed by atoms with Crippen LogP contribution in [0.2, 0.25) is 0 Å². The van der Waals surface area contributed by atoms with E-state index in [1.54, 1.807) is 24.3 Å². The van der Waals surface area contributed by atoms with Crippen molar-refractivity contribution in [3.63, 3.8) is 0 Å². The van der Waals surface area contributed by atoms with Crippen molar-refractivity contribution in [3.05, 3.63) is 72.5 Å². The standard InChI is InChI=1S/C21H15FN2O3S/c22-15-5-1-3-7-18(15)27-12-20(26)23-13-9-10-17(25)14(11-13)21-24-16-6-2-4-8-19(16)28-21/h1-11,25H,12H2,(H,23,26). The van der Waals surface area contributed by atoms with Crippen LogP contribution in [0.4, 0.5) is 10.1 Å². The van der Waals surface area contributed by atoms with Gasteiger partial charge in [-0.3, -0.25) is 4.79 Å². The van der Waals surface area contributed by atoms with E-state index in [-0.39, 0.29) is 18.1 Å². The molecular weight excluding hydrogens is 379 g/mol. The Morgan fingerprint density at radius 3 is 2.71 bits per heavy atom. The van der Waals surface area contributed by atoms with Crippen LogP contribution in [0.3, 0.4) is 0 Å². The highest BCUT2D eigenvalue weighted by molar-refractivity contribution is 7.21. The maximum atomic E-state index is 13.5. The van der Waals surface area contributed by atoms with E-state index < -0.39 is 11.7 Å². The second-order valence-corrected chi connectivity index (χ2v) is 7.02. The summed E-state index contributed by atoms with van der Waals surface area (Å²) in [5.41, 5.74) is 1.85. The Labute approximate surface area is 164 Å². The number of para-hydroxylation sites is 2. The average Bonchev–Trinajstić information content (AvgIpc) is 3.13. The number of carbonyl (C=O) groups is 1. The second kappa shape index (κ2) is 7.66. The summed E-state index contributed by atoms with van der Waals surface area (Å²) in [6.45, 7) is -0.335. The maximum Gasteiger partial charge on any atom is 0.262 e. The zero-order valence-corrected chi connectivity index (χ0v) is 15.4. The Balaban J connectivity index is 1.50. The number of rotatable bonds is 5. The van der Waals surface area contributed by atoms with Gasteiger partial charge in [-0.25, -0.2) is 9.37 Å². The zero-order valence-electron chi connectivity index (χ0n) is 14.6. The normalized spacial score (nSPS) is 10.8. The number of phenols is 1. The summed E-state index contributed by atoms with van der Waals surface area (Å²) < 4.78 is 19.8. The molecule has 0 aliphatic carbocycles. The van der Waals surface area contributed by atoms with E-state index in [4.69, 9.17) is 4.74 Å². The molecule has 5 nitrogen and oxygen atoms in total. The minimum Gasteiger partial charge on any atom is -0.507 e. The van der Waals surface area contributed by atoms with Crippen LogP contribution in [-0.2, 0) is 4.79 Å². The van der Waals surface area contributed by atoms with Gasteiger partial charge in [0.2, 0.25) is 0 Å². The van der Waals surface area contributed by atoms with Crippen molar-refractivity contribution in [1.29, 1.82) is 0 Å². The topological polar surface area (TPSA) is 71.5 Å². The van der Waals surface area contributed by atoms with Crippen LogP contribution < -0.4 is 10.1 Å². The molecule has 1 amide bonds. The lowest BCUT2D eigenvalue weighted by atomic mass is 10.2. The maximum absolute atomic E-state index is 13.5. The van der Waals surface area contributed by atoms with Crippen LogP contribution in [-0.4, -0.2) is 22.6 Å². The number of thiazole rings is 1. The van der Waals surface area contributed by atoms with E-state index in [1.165, 1.54) is 29.5 Å². The Hall–Kier alpha value is -3.45. The number of phenolic OH excluding ortho intramolecular Hbond substituents is 1. The Morgan fingerprint density at radius 2 is 1.89 bits per heavy atom. The van der Waals surface area contributed by atoms with Gasteiger partial charge < -0.3 is 15.2 Å². The number of ether oxygens (including phenoxy) is 1. The van der Waals surface area contributed by atoms with E-state index in [0.29, 0.717) is 16.3 Å². The predicted octanol–water partition coefficient (Wildman–Crippen LogP) is 4.83. The van der Waals surface area contributed by atoms with Gasteiger partial charge in [0.1, 0.15) is 10.8 Å². The van der Waals surface area contributed by atoms with Gasteiger partial charge in [-0.1, -0.05) is 24.3 Å².